The number of ether oxygens (including phenoxy) is 1. The Morgan fingerprint density at radius 1 is 1.43 bits per heavy atom. The number of hydrogen-bond acceptors (Lipinski definition) is 3. The fourth-order valence-corrected chi connectivity index (χ4v) is 1.50. The molecule has 0 aromatic rings. The Morgan fingerprint density at radius 3 is 2.57 bits per heavy atom. The molecule has 4 nitrogen and oxygen atoms in total. The number of nitrogens with zero attached hydrogens (tertiary/aromatic N) is 2. The van der Waals surface area contributed by atoms with Gasteiger partial charge in [0.05, 0.1) is 12.6 Å². The predicted octanol–water partition coefficient (Wildman–Crippen LogP) is 0.431. The lowest BCUT2D eigenvalue weighted by molar-refractivity contribution is -0.123. The largest absolute Gasteiger partial charge is 0.382 e. The molecule has 1 atom stereocenters. The molecule has 1 saturated heterocycles. The van der Waals surface area contributed by atoms with Crippen LogP contribution in [0.4, 0.5) is 0 Å². The summed E-state index contributed by atoms with van der Waals surface area (Å²) in [7, 11) is 3.72. The Kier molecular flexibility index (Phi) is 7.42. The van der Waals surface area contributed by atoms with Gasteiger partial charge in [-0.2, -0.15) is 0 Å². The molecule has 1 amide bonds. The summed E-state index contributed by atoms with van der Waals surface area (Å²) in [6, 6.07) is 0.228. The monoisotopic (exact) mass is 202 g/mol. The topological polar surface area (TPSA) is 32.8 Å². The molecule has 0 bridgehead atoms. The van der Waals surface area contributed by atoms with Crippen LogP contribution in [0.3, 0.4) is 0 Å². The Labute approximate surface area is 86.8 Å². The molecule has 0 aromatic heterocycles. The van der Waals surface area contributed by atoms with Crippen LogP contribution in [0.2, 0.25) is 0 Å². The van der Waals surface area contributed by atoms with Gasteiger partial charge < -0.3 is 14.5 Å². The van der Waals surface area contributed by atoms with Crippen molar-refractivity contribution in [3.63, 3.8) is 0 Å². The first-order valence-electron chi connectivity index (χ1n) is 5.16. The average molecular weight is 202 g/mol. The Bertz CT molecular complexity index is 153. The van der Waals surface area contributed by atoms with Gasteiger partial charge in [-0.05, 0) is 7.05 Å². The van der Waals surface area contributed by atoms with E-state index in [0.717, 1.165) is 26.0 Å². The highest BCUT2D eigenvalue weighted by molar-refractivity contribution is 5.48. The molecule has 0 N–H and O–H groups in total. The minimum Gasteiger partial charge on any atom is -0.382 e. The van der Waals surface area contributed by atoms with Crippen LogP contribution in [0.1, 0.15) is 13.8 Å². The van der Waals surface area contributed by atoms with Crippen LogP contribution in [0.5, 0.6) is 0 Å². The second-order valence-electron chi connectivity index (χ2n) is 3.21. The third kappa shape index (κ3) is 4.07. The smallest absolute Gasteiger partial charge is 0.210 e. The molecule has 0 radical (unpaired) electrons. The third-order valence-corrected chi connectivity index (χ3v) is 2.23. The van der Waals surface area contributed by atoms with Crippen molar-refractivity contribution >= 4 is 6.41 Å². The lowest BCUT2D eigenvalue weighted by atomic mass is 10.2. The molecule has 0 aliphatic carbocycles. The van der Waals surface area contributed by atoms with Crippen LogP contribution in [0, 0.1) is 0 Å². The molecule has 1 unspecified atom stereocenters. The van der Waals surface area contributed by atoms with Crippen molar-refractivity contribution in [1.29, 1.82) is 0 Å². The fourth-order valence-electron chi connectivity index (χ4n) is 1.50. The van der Waals surface area contributed by atoms with Gasteiger partial charge in [0, 0.05) is 26.7 Å². The van der Waals surface area contributed by atoms with Gasteiger partial charge in [0.2, 0.25) is 6.41 Å². The molecule has 84 valence electrons. The zero-order valence-corrected chi connectivity index (χ0v) is 9.69. The predicted molar refractivity (Wildman–Crippen MR) is 57.3 cm³/mol. The van der Waals surface area contributed by atoms with E-state index in [1.165, 1.54) is 0 Å². The maximum atomic E-state index is 10.6. The Balaban J connectivity index is 0.000000791. The summed E-state index contributed by atoms with van der Waals surface area (Å²) >= 11 is 0. The third-order valence-electron chi connectivity index (χ3n) is 2.23. The summed E-state index contributed by atoms with van der Waals surface area (Å²) in [5.41, 5.74) is 0. The van der Waals surface area contributed by atoms with E-state index in [0.29, 0.717) is 6.61 Å². The van der Waals surface area contributed by atoms with Crippen molar-refractivity contribution in [2.75, 3.05) is 40.4 Å². The van der Waals surface area contributed by atoms with E-state index >= 15 is 0 Å². The molecular weight excluding hydrogens is 180 g/mol. The number of rotatable bonds is 3. The average Bonchev–Trinajstić information content (AvgIpc) is 2.22. The number of methoxy groups -OCH3 is 1. The van der Waals surface area contributed by atoms with E-state index in [1.54, 1.807) is 7.11 Å². The molecule has 1 heterocycles. The number of amides is 1. The maximum absolute atomic E-state index is 10.6. The zero-order valence-electron chi connectivity index (χ0n) is 9.69. The van der Waals surface area contributed by atoms with Gasteiger partial charge in [-0.1, -0.05) is 13.8 Å². The van der Waals surface area contributed by atoms with E-state index in [-0.39, 0.29) is 6.04 Å². The first kappa shape index (κ1) is 13.4. The molecule has 1 rings (SSSR count). The molecule has 0 spiro atoms. The highest BCUT2D eigenvalue weighted by Gasteiger charge is 2.23. The summed E-state index contributed by atoms with van der Waals surface area (Å²) in [4.78, 5) is 14.6. The summed E-state index contributed by atoms with van der Waals surface area (Å²) in [5.74, 6) is 0. The zero-order chi connectivity index (χ0) is 11.0. The van der Waals surface area contributed by atoms with Crippen molar-refractivity contribution in [1.82, 2.24) is 9.80 Å². The van der Waals surface area contributed by atoms with Gasteiger partial charge in [-0.15, -0.1) is 0 Å². The lowest BCUT2D eigenvalue weighted by Crippen LogP contribution is -2.52. The van der Waals surface area contributed by atoms with Gasteiger partial charge in [0.15, 0.2) is 0 Å². The summed E-state index contributed by atoms with van der Waals surface area (Å²) in [6.07, 6.45) is 0.913. The number of carbonyl (C=O) groups is 1. The minimum absolute atomic E-state index is 0.228. The SMILES string of the molecule is CC.COCC1CN(C)CCN1C=O. The molecule has 14 heavy (non-hydrogen) atoms. The molecular formula is C10H22N2O2. The van der Waals surface area contributed by atoms with Crippen LogP contribution < -0.4 is 0 Å². The summed E-state index contributed by atoms with van der Waals surface area (Å²) in [6.45, 7) is 7.31. The Hall–Kier alpha value is -0.610. The highest BCUT2D eigenvalue weighted by atomic mass is 16.5. The molecule has 0 aromatic carbocycles. The number of likely N-dealkylation sites (N-methyl/N-ethyl adjacent to an activating group) is 1. The van der Waals surface area contributed by atoms with Crippen LogP contribution >= 0.6 is 0 Å². The van der Waals surface area contributed by atoms with Crippen LogP contribution in [0.25, 0.3) is 0 Å². The van der Waals surface area contributed by atoms with Crippen LogP contribution in [0.15, 0.2) is 0 Å². The normalized spacial score (nSPS) is 22.6. The van der Waals surface area contributed by atoms with Crippen molar-refractivity contribution in [2.24, 2.45) is 0 Å². The Morgan fingerprint density at radius 2 is 2.07 bits per heavy atom. The lowest BCUT2D eigenvalue weighted by Gasteiger charge is -2.37. The van der Waals surface area contributed by atoms with Crippen LogP contribution in [-0.2, 0) is 9.53 Å². The fraction of sp³-hybridized carbons (Fsp3) is 0.900. The van der Waals surface area contributed by atoms with Gasteiger partial charge in [0.1, 0.15) is 0 Å². The van der Waals surface area contributed by atoms with E-state index in [4.69, 9.17) is 4.74 Å². The van der Waals surface area contributed by atoms with E-state index < -0.39 is 0 Å². The first-order chi connectivity index (χ1) is 6.77. The molecule has 1 fully saturated rings. The number of hydrogen-bond donors (Lipinski definition) is 0. The quantitative estimate of drug-likeness (QED) is 0.622. The molecule has 1 aliphatic heterocycles. The summed E-state index contributed by atoms with van der Waals surface area (Å²) in [5, 5.41) is 0. The van der Waals surface area contributed by atoms with E-state index in [2.05, 4.69) is 11.9 Å². The van der Waals surface area contributed by atoms with Crippen molar-refractivity contribution in [3.05, 3.63) is 0 Å². The number of piperazine rings is 1. The van der Waals surface area contributed by atoms with Crippen molar-refractivity contribution in [2.45, 2.75) is 19.9 Å². The second-order valence-corrected chi connectivity index (χ2v) is 3.21. The first-order valence-corrected chi connectivity index (χ1v) is 5.16. The molecule has 4 heteroatoms. The van der Waals surface area contributed by atoms with Gasteiger partial charge >= 0.3 is 0 Å². The second kappa shape index (κ2) is 7.76. The van der Waals surface area contributed by atoms with Gasteiger partial charge in [-0.25, -0.2) is 0 Å². The van der Waals surface area contributed by atoms with Crippen molar-refractivity contribution in [3.8, 4) is 0 Å². The van der Waals surface area contributed by atoms with Gasteiger partial charge in [0.25, 0.3) is 0 Å². The summed E-state index contributed by atoms with van der Waals surface area (Å²) < 4.78 is 5.03. The standard InChI is InChI=1S/C8H16N2O2.C2H6/c1-9-3-4-10(7-11)8(5-9)6-12-2;1-2/h7-8H,3-6H2,1-2H3;1-2H3. The highest BCUT2D eigenvalue weighted by Crippen LogP contribution is 2.05. The van der Waals surface area contributed by atoms with Crippen LogP contribution in [-0.4, -0.2) is 62.7 Å². The van der Waals surface area contributed by atoms with E-state index in [1.807, 2.05) is 18.7 Å². The van der Waals surface area contributed by atoms with Gasteiger partial charge in [-0.3, -0.25) is 4.79 Å². The molecule has 0 saturated carbocycles. The maximum Gasteiger partial charge on any atom is 0.210 e. The molecule has 1 aliphatic rings. The van der Waals surface area contributed by atoms with E-state index in [9.17, 15) is 4.79 Å². The van der Waals surface area contributed by atoms with Crippen molar-refractivity contribution < 1.29 is 9.53 Å². The number of carbonyl (C=O) groups excluding carboxylic acids is 1. The minimum atomic E-state index is 0.228.